The number of likely N-dealkylation sites (N-methyl/N-ethyl adjacent to an activating group) is 1. The van der Waals surface area contributed by atoms with E-state index in [0.717, 1.165) is 0 Å². The Morgan fingerprint density at radius 3 is 2.69 bits per heavy atom. The predicted molar refractivity (Wildman–Crippen MR) is 94.0 cm³/mol. The largest absolute Gasteiger partial charge is 0.481 e. The molecule has 6 nitrogen and oxygen atoms in total. The van der Waals surface area contributed by atoms with Gasteiger partial charge in [0.05, 0.1) is 12.5 Å². The summed E-state index contributed by atoms with van der Waals surface area (Å²) < 4.78 is 13.8. The molecule has 1 aromatic carbocycles. The Bertz CT molecular complexity index is 679. The number of carbonyl (C=O) groups is 3. The number of likely N-dealkylation sites (tertiary alicyclic amines) is 1. The molecule has 2 atom stereocenters. The fourth-order valence-corrected chi connectivity index (χ4v) is 3.20. The average Bonchev–Trinajstić information content (AvgIpc) is 2.61. The van der Waals surface area contributed by atoms with Crippen molar-refractivity contribution >= 4 is 17.8 Å². The van der Waals surface area contributed by atoms with Crippen LogP contribution in [0.2, 0.25) is 0 Å². The summed E-state index contributed by atoms with van der Waals surface area (Å²) >= 11 is 0. The van der Waals surface area contributed by atoms with Gasteiger partial charge in [-0.3, -0.25) is 14.4 Å². The van der Waals surface area contributed by atoms with Gasteiger partial charge in [0.1, 0.15) is 5.82 Å². The highest BCUT2D eigenvalue weighted by Crippen LogP contribution is 2.22. The van der Waals surface area contributed by atoms with E-state index in [4.69, 9.17) is 5.11 Å². The van der Waals surface area contributed by atoms with Gasteiger partial charge >= 0.3 is 5.97 Å². The number of nitrogens with zero attached hydrogens (tertiary/aromatic N) is 2. The van der Waals surface area contributed by atoms with Gasteiger partial charge in [-0.05, 0) is 30.4 Å². The van der Waals surface area contributed by atoms with Crippen molar-refractivity contribution in [2.24, 2.45) is 5.92 Å². The van der Waals surface area contributed by atoms with E-state index in [1.54, 1.807) is 25.1 Å². The highest BCUT2D eigenvalue weighted by Gasteiger charge is 2.29. The second-order valence-corrected chi connectivity index (χ2v) is 6.89. The third kappa shape index (κ3) is 5.03. The Morgan fingerprint density at radius 1 is 1.35 bits per heavy atom. The van der Waals surface area contributed by atoms with Gasteiger partial charge in [-0.25, -0.2) is 4.39 Å². The number of piperidine rings is 1. The molecule has 7 heteroatoms. The van der Waals surface area contributed by atoms with Crippen molar-refractivity contribution < 1.29 is 23.9 Å². The number of hydrogen-bond donors (Lipinski definition) is 1. The predicted octanol–water partition coefficient (Wildman–Crippen LogP) is 2.10. The molecule has 2 rings (SSSR count). The molecular formula is C19H25FN2O4. The number of rotatable bonds is 6. The summed E-state index contributed by atoms with van der Waals surface area (Å²) in [6, 6.07) is 6.33. The van der Waals surface area contributed by atoms with Gasteiger partial charge in [0.15, 0.2) is 0 Å². The molecule has 0 radical (unpaired) electrons. The van der Waals surface area contributed by atoms with Crippen molar-refractivity contribution in [1.82, 2.24) is 9.80 Å². The Kier molecular flexibility index (Phi) is 6.71. The van der Waals surface area contributed by atoms with E-state index in [9.17, 15) is 18.8 Å². The van der Waals surface area contributed by atoms with Crippen LogP contribution in [0.5, 0.6) is 0 Å². The van der Waals surface area contributed by atoms with E-state index in [1.165, 1.54) is 22.9 Å². The van der Waals surface area contributed by atoms with Crippen LogP contribution in [0.3, 0.4) is 0 Å². The Labute approximate surface area is 152 Å². The number of hydrogen-bond acceptors (Lipinski definition) is 3. The number of carbonyl (C=O) groups excluding carboxylic acids is 2. The standard InChI is InChI=1S/C19H25FN2O4/c1-13(15-7-3-4-8-16(15)20)10-17(23)21(2)12-18(24)22-9-5-6-14(11-22)19(25)26/h3-4,7-8,13-14H,5-6,9-12H2,1-2H3,(H,25,26). The van der Waals surface area contributed by atoms with Crippen LogP contribution in [0.1, 0.15) is 37.7 Å². The van der Waals surface area contributed by atoms with Crippen molar-refractivity contribution in [2.75, 3.05) is 26.7 Å². The molecule has 26 heavy (non-hydrogen) atoms. The van der Waals surface area contributed by atoms with Gasteiger partial charge in [0, 0.05) is 26.6 Å². The molecule has 0 spiro atoms. The molecular weight excluding hydrogens is 339 g/mol. The number of benzene rings is 1. The molecule has 1 fully saturated rings. The number of carboxylic acids is 1. The zero-order valence-corrected chi connectivity index (χ0v) is 15.2. The van der Waals surface area contributed by atoms with E-state index in [0.29, 0.717) is 24.9 Å². The second-order valence-electron chi connectivity index (χ2n) is 6.89. The van der Waals surface area contributed by atoms with E-state index < -0.39 is 11.9 Å². The van der Waals surface area contributed by atoms with Gasteiger partial charge in [0.2, 0.25) is 11.8 Å². The molecule has 0 saturated carbocycles. The summed E-state index contributed by atoms with van der Waals surface area (Å²) in [7, 11) is 1.53. The van der Waals surface area contributed by atoms with E-state index in [1.807, 2.05) is 0 Å². The van der Waals surface area contributed by atoms with Crippen LogP contribution in [-0.4, -0.2) is 59.4 Å². The van der Waals surface area contributed by atoms with Crippen LogP contribution in [0.15, 0.2) is 24.3 Å². The monoisotopic (exact) mass is 364 g/mol. The van der Waals surface area contributed by atoms with Gasteiger partial charge in [0.25, 0.3) is 0 Å². The van der Waals surface area contributed by atoms with E-state index >= 15 is 0 Å². The minimum absolute atomic E-state index is 0.0997. The van der Waals surface area contributed by atoms with Crippen molar-refractivity contribution in [3.63, 3.8) is 0 Å². The summed E-state index contributed by atoms with van der Waals surface area (Å²) in [5.41, 5.74) is 0.473. The van der Waals surface area contributed by atoms with Crippen LogP contribution in [0.25, 0.3) is 0 Å². The first-order chi connectivity index (χ1) is 12.3. The summed E-state index contributed by atoms with van der Waals surface area (Å²) in [4.78, 5) is 38.7. The molecule has 0 aromatic heterocycles. The first-order valence-electron chi connectivity index (χ1n) is 8.78. The average molecular weight is 364 g/mol. The third-order valence-electron chi connectivity index (χ3n) is 4.84. The zero-order chi connectivity index (χ0) is 19.3. The Hall–Kier alpha value is -2.44. The quantitative estimate of drug-likeness (QED) is 0.839. The smallest absolute Gasteiger partial charge is 0.308 e. The number of aliphatic carboxylic acids is 1. The molecule has 142 valence electrons. The van der Waals surface area contributed by atoms with Crippen LogP contribution < -0.4 is 0 Å². The van der Waals surface area contributed by atoms with Crippen molar-refractivity contribution in [3.8, 4) is 0 Å². The minimum atomic E-state index is -0.898. The highest BCUT2D eigenvalue weighted by molar-refractivity contribution is 5.85. The van der Waals surface area contributed by atoms with Crippen LogP contribution in [0, 0.1) is 11.7 Å². The van der Waals surface area contributed by atoms with Crippen molar-refractivity contribution in [2.45, 2.75) is 32.1 Å². The molecule has 1 heterocycles. The van der Waals surface area contributed by atoms with E-state index in [2.05, 4.69) is 0 Å². The Balaban J connectivity index is 1.89. The lowest BCUT2D eigenvalue weighted by Gasteiger charge is -2.32. The first kappa shape index (κ1) is 19.9. The van der Waals surface area contributed by atoms with Crippen molar-refractivity contribution in [1.29, 1.82) is 0 Å². The molecule has 1 saturated heterocycles. The summed E-state index contributed by atoms with van der Waals surface area (Å²) in [6.45, 7) is 2.36. The fraction of sp³-hybridized carbons (Fsp3) is 0.526. The zero-order valence-electron chi connectivity index (χ0n) is 15.2. The summed E-state index contributed by atoms with van der Waals surface area (Å²) in [5.74, 6) is -2.60. The molecule has 0 aliphatic carbocycles. The molecule has 2 unspecified atom stereocenters. The lowest BCUT2D eigenvalue weighted by Crippen LogP contribution is -2.47. The third-order valence-corrected chi connectivity index (χ3v) is 4.84. The number of halogens is 1. The van der Waals surface area contributed by atoms with Gasteiger partial charge < -0.3 is 14.9 Å². The van der Waals surface area contributed by atoms with Crippen LogP contribution in [-0.2, 0) is 14.4 Å². The van der Waals surface area contributed by atoms with Crippen LogP contribution >= 0.6 is 0 Å². The molecule has 1 N–H and O–H groups in total. The van der Waals surface area contributed by atoms with Gasteiger partial charge in [-0.1, -0.05) is 25.1 Å². The van der Waals surface area contributed by atoms with Gasteiger partial charge in [-0.2, -0.15) is 0 Å². The van der Waals surface area contributed by atoms with Gasteiger partial charge in [-0.15, -0.1) is 0 Å². The van der Waals surface area contributed by atoms with Crippen LogP contribution in [0.4, 0.5) is 4.39 Å². The molecule has 0 bridgehead atoms. The lowest BCUT2D eigenvalue weighted by atomic mass is 9.96. The Morgan fingerprint density at radius 2 is 2.04 bits per heavy atom. The molecule has 1 aromatic rings. The minimum Gasteiger partial charge on any atom is -0.481 e. The maximum absolute atomic E-state index is 13.8. The normalized spacial score (nSPS) is 18.3. The maximum Gasteiger partial charge on any atom is 0.308 e. The number of carboxylic acid groups (broad SMARTS) is 1. The SMILES string of the molecule is CC(CC(=O)N(C)CC(=O)N1CCCC(C(=O)O)C1)c1ccccc1F. The molecule has 1 aliphatic rings. The second kappa shape index (κ2) is 8.78. The lowest BCUT2D eigenvalue weighted by molar-refractivity contribution is -0.147. The van der Waals surface area contributed by atoms with E-state index in [-0.39, 0.29) is 43.1 Å². The topological polar surface area (TPSA) is 77.9 Å². The number of amides is 2. The highest BCUT2D eigenvalue weighted by atomic mass is 19.1. The maximum atomic E-state index is 13.8. The van der Waals surface area contributed by atoms with Crippen molar-refractivity contribution in [3.05, 3.63) is 35.6 Å². The molecule has 1 aliphatic heterocycles. The first-order valence-corrected chi connectivity index (χ1v) is 8.78. The fourth-order valence-electron chi connectivity index (χ4n) is 3.20. The molecule has 2 amide bonds. The summed E-state index contributed by atoms with van der Waals surface area (Å²) in [6.07, 6.45) is 1.31. The summed E-state index contributed by atoms with van der Waals surface area (Å²) in [5, 5.41) is 9.10.